The van der Waals surface area contributed by atoms with Gasteiger partial charge in [0.25, 0.3) is 0 Å². The van der Waals surface area contributed by atoms with Crippen molar-refractivity contribution in [3.8, 4) is 5.69 Å². The molecule has 1 aliphatic heterocycles. The molecule has 3 N–H and O–H groups in total. The Morgan fingerprint density at radius 2 is 1.97 bits per heavy atom. The highest BCUT2D eigenvalue weighted by Crippen LogP contribution is 2.26. The van der Waals surface area contributed by atoms with Gasteiger partial charge in [-0.2, -0.15) is 9.97 Å². The summed E-state index contributed by atoms with van der Waals surface area (Å²) < 4.78 is 1.26. The Balaban J connectivity index is 1.52. The van der Waals surface area contributed by atoms with Crippen molar-refractivity contribution in [3.63, 3.8) is 0 Å². The summed E-state index contributed by atoms with van der Waals surface area (Å²) in [5, 5.41) is 4.07. The lowest BCUT2D eigenvalue weighted by atomic mass is 9.99. The quantitative estimate of drug-likeness (QED) is 0.511. The fourth-order valence-electron chi connectivity index (χ4n) is 3.83. The first kappa shape index (κ1) is 19.5. The van der Waals surface area contributed by atoms with Crippen molar-refractivity contribution in [3.05, 3.63) is 75.3 Å². The van der Waals surface area contributed by atoms with Crippen molar-refractivity contribution in [1.82, 2.24) is 24.4 Å². The molecule has 156 valence electrons. The monoisotopic (exact) mass is 433 g/mol. The number of benzene rings is 2. The van der Waals surface area contributed by atoms with Gasteiger partial charge >= 0.3 is 5.69 Å². The first-order valence-electron chi connectivity index (χ1n) is 9.87. The first-order valence-corrected chi connectivity index (χ1v) is 10.2. The third-order valence-corrected chi connectivity index (χ3v) is 5.76. The van der Waals surface area contributed by atoms with Gasteiger partial charge in [-0.15, -0.1) is 0 Å². The summed E-state index contributed by atoms with van der Waals surface area (Å²) in [4.78, 5) is 27.9. The van der Waals surface area contributed by atoms with Crippen molar-refractivity contribution in [2.24, 2.45) is 0 Å². The number of nitrogens with one attached hydrogen (secondary N) is 1. The van der Waals surface area contributed by atoms with Crippen LogP contribution in [0.15, 0.2) is 53.5 Å². The zero-order chi connectivity index (χ0) is 21.5. The maximum atomic E-state index is 12.7. The van der Waals surface area contributed by atoms with Gasteiger partial charge in [0.05, 0.1) is 16.1 Å². The number of anilines is 3. The van der Waals surface area contributed by atoms with E-state index in [0.29, 0.717) is 22.0 Å². The summed E-state index contributed by atoms with van der Waals surface area (Å²) in [5.41, 5.74) is 9.92. The molecular formula is C22H20ClN7O. The number of nitrogens with zero attached hydrogens (tertiary/aromatic N) is 5. The molecule has 0 saturated carbocycles. The van der Waals surface area contributed by atoms with Crippen LogP contribution in [0.1, 0.15) is 11.1 Å². The fourth-order valence-corrected chi connectivity index (χ4v) is 4.05. The molecule has 2 aromatic heterocycles. The summed E-state index contributed by atoms with van der Waals surface area (Å²) in [7, 11) is 2.11. The van der Waals surface area contributed by atoms with E-state index in [1.54, 1.807) is 30.5 Å². The lowest BCUT2D eigenvalue weighted by Gasteiger charge is -2.25. The number of aromatic nitrogens is 4. The average Bonchev–Trinajstić information content (AvgIpc) is 2.74. The van der Waals surface area contributed by atoms with Crippen LogP contribution >= 0.6 is 11.6 Å². The van der Waals surface area contributed by atoms with Crippen molar-refractivity contribution in [2.45, 2.75) is 13.0 Å². The second-order valence-corrected chi connectivity index (χ2v) is 8.00. The third kappa shape index (κ3) is 3.60. The van der Waals surface area contributed by atoms with Gasteiger partial charge in [0, 0.05) is 25.0 Å². The molecule has 4 aromatic rings. The number of likely N-dealkylation sites (N-methyl/N-ethyl adjacent to an activating group) is 1. The van der Waals surface area contributed by atoms with E-state index >= 15 is 0 Å². The lowest BCUT2D eigenvalue weighted by Crippen LogP contribution is -2.26. The van der Waals surface area contributed by atoms with Crippen LogP contribution in [0, 0.1) is 0 Å². The summed E-state index contributed by atoms with van der Waals surface area (Å²) >= 11 is 6.24. The normalized spacial score (nSPS) is 13.9. The molecule has 0 amide bonds. The zero-order valence-corrected chi connectivity index (χ0v) is 17.6. The minimum Gasteiger partial charge on any atom is -0.384 e. The number of halogens is 1. The highest BCUT2D eigenvalue weighted by molar-refractivity contribution is 6.32. The van der Waals surface area contributed by atoms with E-state index in [9.17, 15) is 4.79 Å². The molecule has 0 atom stereocenters. The Bertz CT molecular complexity index is 1370. The van der Waals surface area contributed by atoms with Crippen LogP contribution in [0.4, 0.5) is 17.5 Å². The largest absolute Gasteiger partial charge is 0.384 e. The van der Waals surface area contributed by atoms with Crippen molar-refractivity contribution >= 4 is 40.1 Å². The molecule has 31 heavy (non-hydrogen) atoms. The number of nitrogens with two attached hydrogens (primary N) is 1. The van der Waals surface area contributed by atoms with Crippen LogP contribution in [-0.4, -0.2) is 38.0 Å². The van der Waals surface area contributed by atoms with Crippen LogP contribution in [0.2, 0.25) is 5.02 Å². The van der Waals surface area contributed by atoms with Crippen LogP contribution < -0.4 is 16.7 Å². The van der Waals surface area contributed by atoms with Gasteiger partial charge in [-0.3, -0.25) is 0 Å². The Kier molecular flexibility index (Phi) is 4.80. The van der Waals surface area contributed by atoms with Crippen molar-refractivity contribution in [1.29, 1.82) is 0 Å². The summed E-state index contributed by atoms with van der Waals surface area (Å²) in [6.45, 7) is 1.97. The number of hydrogen-bond acceptors (Lipinski definition) is 7. The van der Waals surface area contributed by atoms with E-state index in [0.717, 1.165) is 25.2 Å². The predicted octanol–water partition coefficient (Wildman–Crippen LogP) is 3.14. The van der Waals surface area contributed by atoms with Gasteiger partial charge in [0.1, 0.15) is 5.82 Å². The van der Waals surface area contributed by atoms with Gasteiger partial charge in [-0.25, -0.2) is 14.3 Å². The number of para-hydroxylation sites is 1. The zero-order valence-electron chi connectivity index (χ0n) is 16.8. The average molecular weight is 434 g/mol. The van der Waals surface area contributed by atoms with Gasteiger partial charge < -0.3 is 16.0 Å². The van der Waals surface area contributed by atoms with Crippen LogP contribution in [-0.2, 0) is 13.0 Å². The van der Waals surface area contributed by atoms with Crippen LogP contribution in [0.3, 0.4) is 0 Å². The Labute approximate surface area is 183 Å². The molecule has 0 fully saturated rings. The van der Waals surface area contributed by atoms with E-state index in [4.69, 9.17) is 17.3 Å². The number of nitrogen functional groups attached to an aromatic ring is 1. The number of hydrogen-bond donors (Lipinski definition) is 2. The van der Waals surface area contributed by atoms with Gasteiger partial charge in [-0.05, 0) is 48.9 Å². The van der Waals surface area contributed by atoms with E-state index in [-0.39, 0.29) is 11.5 Å². The van der Waals surface area contributed by atoms with Crippen LogP contribution in [0.5, 0.6) is 0 Å². The standard InChI is InChI=1S/C22H20ClN7O/c1-29-9-8-13-6-7-15(10-14(13)12-29)26-21-25-11-16-19(24)30(22(31)28-20(16)27-21)18-5-3-2-4-17(18)23/h2-7,10-11H,8-9,12,24H2,1H3,(H,26,27,28,31). The molecule has 0 spiro atoms. The maximum Gasteiger partial charge on any atom is 0.355 e. The SMILES string of the molecule is CN1CCc2ccc(Nc3ncc4c(N)n(-c5ccccc5Cl)c(=O)nc4n3)cc2C1. The van der Waals surface area contributed by atoms with Crippen LogP contribution in [0.25, 0.3) is 16.7 Å². The fraction of sp³-hybridized carbons (Fsp3) is 0.182. The Morgan fingerprint density at radius 1 is 1.13 bits per heavy atom. The highest BCUT2D eigenvalue weighted by Gasteiger charge is 2.16. The molecule has 0 saturated heterocycles. The molecule has 0 aliphatic carbocycles. The first-order chi connectivity index (χ1) is 15.0. The van der Waals surface area contributed by atoms with E-state index in [1.165, 1.54) is 15.7 Å². The molecule has 3 heterocycles. The predicted molar refractivity (Wildman–Crippen MR) is 122 cm³/mol. The molecule has 5 rings (SSSR count). The molecule has 2 aromatic carbocycles. The van der Waals surface area contributed by atoms with Gasteiger partial charge in [-0.1, -0.05) is 29.8 Å². The smallest absolute Gasteiger partial charge is 0.355 e. The van der Waals surface area contributed by atoms with E-state index in [2.05, 4.69) is 44.3 Å². The van der Waals surface area contributed by atoms with Crippen molar-refractivity contribution < 1.29 is 0 Å². The number of fused-ring (bicyclic) bond motifs is 2. The molecule has 0 bridgehead atoms. The maximum absolute atomic E-state index is 12.7. The van der Waals surface area contributed by atoms with Gasteiger partial charge in [0.15, 0.2) is 5.65 Å². The van der Waals surface area contributed by atoms with Crippen molar-refractivity contribution in [2.75, 3.05) is 24.6 Å². The molecule has 1 aliphatic rings. The minimum atomic E-state index is -0.556. The lowest BCUT2D eigenvalue weighted by molar-refractivity contribution is 0.313. The van der Waals surface area contributed by atoms with Gasteiger partial charge in [0.2, 0.25) is 5.95 Å². The molecule has 0 radical (unpaired) electrons. The minimum absolute atomic E-state index is 0.187. The summed E-state index contributed by atoms with van der Waals surface area (Å²) in [5.74, 6) is 0.532. The topological polar surface area (TPSA) is 102 Å². The third-order valence-electron chi connectivity index (χ3n) is 5.44. The second kappa shape index (κ2) is 7.64. The summed E-state index contributed by atoms with van der Waals surface area (Å²) in [6.07, 6.45) is 2.60. The van der Waals surface area contributed by atoms with E-state index in [1.807, 2.05) is 6.07 Å². The number of rotatable bonds is 3. The Hall–Kier alpha value is -3.49. The van der Waals surface area contributed by atoms with E-state index < -0.39 is 5.69 Å². The second-order valence-electron chi connectivity index (χ2n) is 7.59. The summed E-state index contributed by atoms with van der Waals surface area (Å²) in [6, 6.07) is 13.2. The molecule has 0 unspecified atom stereocenters. The molecular weight excluding hydrogens is 414 g/mol. The Morgan fingerprint density at radius 3 is 2.81 bits per heavy atom. The molecule has 9 heteroatoms. The highest BCUT2D eigenvalue weighted by atomic mass is 35.5. The molecule has 8 nitrogen and oxygen atoms in total.